The van der Waals surface area contributed by atoms with Gasteiger partial charge in [-0.3, -0.25) is 9.35 Å². The number of nitrogens with zero attached hydrogens (tertiary/aromatic N) is 2. The molecule has 6 nitrogen and oxygen atoms in total. The van der Waals surface area contributed by atoms with Crippen molar-refractivity contribution in [2.45, 2.75) is 18.2 Å². The van der Waals surface area contributed by atoms with Crippen molar-refractivity contribution >= 4 is 70.6 Å². The minimum Gasteiger partial charge on any atom is -0.294 e. The van der Waals surface area contributed by atoms with Crippen molar-refractivity contribution < 1.29 is 17.8 Å². The van der Waals surface area contributed by atoms with Crippen LogP contribution in [-0.2, 0) is 16.5 Å². The molecule has 0 saturated carbocycles. The molecular formula is C29H19ClN2O4S3. The van der Waals surface area contributed by atoms with Gasteiger partial charge in [-0.05, 0) is 66.6 Å². The Morgan fingerprint density at radius 3 is 2.21 bits per heavy atom. The molecule has 10 heteroatoms. The first-order chi connectivity index (χ1) is 18.7. The number of halogens is 1. The van der Waals surface area contributed by atoms with Crippen LogP contribution in [0, 0.1) is 6.92 Å². The highest BCUT2D eigenvalue weighted by atomic mass is 35.5. The lowest BCUT2D eigenvalue weighted by Crippen LogP contribution is -2.03. The van der Waals surface area contributed by atoms with Crippen molar-refractivity contribution in [3.63, 3.8) is 0 Å². The standard InChI is InChI=1S/C29H19ClN2O4S3/c1-16-2-12-23-26(27(16)39(34,35)36)38-29(32-23)20-9-13-22-25(15-20)37-28(31-22)19-5-3-17(4-6-19)14-24(33)18-7-10-21(30)11-8-18/h2-13,15H,14H2,1H3,(H,34,35,36). The molecule has 1 N–H and O–H groups in total. The van der Waals surface area contributed by atoms with Crippen LogP contribution in [0.4, 0.5) is 0 Å². The fourth-order valence-corrected chi connectivity index (χ4v) is 7.83. The van der Waals surface area contributed by atoms with Gasteiger partial charge >= 0.3 is 0 Å². The Morgan fingerprint density at radius 2 is 1.49 bits per heavy atom. The van der Waals surface area contributed by atoms with E-state index in [0.717, 1.165) is 31.9 Å². The molecule has 0 unspecified atom stereocenters. The maximum atomic E-state index is 12.6. The van der Waals surface area contributed by atoms with Crippen molar-refractivity contribution in [3.05, 3.63) is 101 Å². The van der Waals surface area contributed by atoms with Gasteiger partial charge in [0.05, 0.1) is 20.4 Å². The summed E-state index contributed by atoms with van der Waals surface area (Å²) in [6, 6.07) is 23.9. The largest absolute Gasteiger partial charge is 0.296 e. The number of hydrogen-bond acceptors (Lipinski definition) is 7. The number of aromatic nitrogens is 2. The van der Waals surface area contributed by atoms with Crippen molar-refractivity contribution in [1.29, 1.82) is 0 Å². The van der Waals surface area contributed by atoms with E-state index in [1.165, 1.54) is 11.3 Å². The minimum atomic E-state index is -4.38. The first-order valence-corrected chi connectivity index (χ1v) is 15.3. The molecule has 0 radical (unpaired) electrons. The highest BCUT2D eigenvalue weighted by molar-refractivity contribution is 7.86. The molecule has 0 saturated heterocycles. The monoisotopic (exact) mass is 590 g/mol. The SMILES string of the molecule is Cc1ccc2nc(-c3ccc4nc(-c5ccc(CC(=O)c6ccc(Cl)cc6)cc5)sc4c3)sc2c1S(=O)(=O)O. The summed E-state index contributed by atoms with van der Waals surface area (Å²) in [5, 5.41) is 2.11. The van der Waals surface area contributed by atoms with Crippen LogP contribution >= 0.6 is 34.3 Å². The molecule has 0 fully saturated rings. The fourth-order valence-electron chi connectivity index (χ4n) is 4.38. The van der Waals surface area contributed by atoms with Gasteiger partial charge in [-0.25, -0.2) is 9.97 Å². The van der Waals surface area contributed by atoms with Gasteiger partial charge in [0, 0.05) is 28.1 Å². The second-order valence-electron chi connectivity index (χ2n) is 9.06. The minimum absolute atomic E-state index is 0.0284. The Morgan fingerprint density at radius 1 is 0.846 bits per heavy atom. The highest BCUT2D eigenvalue weighted by Gasteiger charge is 2.21. The Kier molecular flexibility index (Phi) is 6.57. The fraction of sp³-hybridized carbons (Fsp3) is 0.0690. The highest BCUT2D eigenvalue weighted by Crippen LogP contribution is 2.38. The van der Waals surface area contributed by atoms with Gasteiger partial charge in [0.25, 0.3) is 10.1 Å². The first kappa shape index (κ1) is 25.8. The third-order valence-corrected chi connectivity index (χ3v) is 9.96. The van der Waals surface area contributed by atoms with Crippen LogP contribution in [0.5, 0.6) is 0 Å². The van der Waals surface area contributed by atoms with Crippen molar-refractivity contribution in [1.82, 2.24) is 9.97 Å². The van der Waals surface area contributed by atoms with Crippen LogP contribution in [0.15, 0.2) is 83.8 Å². The molecule has 6 rings (SSSR count). The van der Waals surface area contributed by atoms with Crippen LogP contribution in [0.1, 0.15) is 21.5 Å². The molecule has 194 valence electrons. The van der Waals surface area contributed by atoms with E-state index in [1.54, 1.807) is 54.7 Å². The summed E-state index contributed by atoms with van der Waals surface area (Å²) in [4.78, 5) is 21.9. The zero-order chi connectivity index (χ0) is 27.3. The second-order valence-corrected chi connectivity index (χ2v) is 12.9. The van der Waals surface area contributed by atoms with Gasteiger partial charge in [-0.15, -0.1) is 22.7 Å². The van der Waals surface area contributed by atoms with Crippen LogP contribution in [0.3, 0.4) is 0 Å². The number of aryl methyl sites for hydroxylation is 1. The van der Waals surface area contributed by atoms with Crippen molar-refractivity contribution in [3.8, 4) is 21.1 Å². The van der Waals surface area contributed by atoms with Crippen molar-refractivity contribution in [2.75, 3.05) is 0 Å². The van der Waals surface area contributed by atoms with E-state index in [1.807, 2.05) is 42.5 Å². The third kappa shape index (κ3) is 5.11. The maximum Gasteiger partial charge on any atom is 0.296 e. The Balaban J connectivity index is 1.27. The number of hydrogen-bond donors (Lipinski definition) is 1. The number of fused-ring (bicyclic) bond motifs is 2. The number of carbonyl (C=O) groups is 1. The molecule has 0 atom stereocenters. The molecule has 0 aliphatic carbocycles. The number of Topliss-reactive ketones (excluding diaryl/α,β-unsaturated/α-hetero) is 1. The maximum absolute atomic E-state index is 12.6. The summed E-state index contributed by atoms with van der Waals surface area (Å²) >= 11 is 8.70. The average Bonchev–Trinajstić information content (AvgIpc) is 3.52. The number of thiazole rings is 2. The quantitative estimate of drug-likeness (QED) is 0.156. The van der Waals surface area contributed by atoms with E-state index in [9.17, 15) is 17.8 Å². The van der Waals surface area contributed by atoms with Crippen LogP contribution in [-0.4, -0.2) is 28.7 Å². The normalized spacial score (nSPS) is 11.9. The molecule has 0 aliphatic rings. The predicted octanol–water partition coefficient (Wildman–Crippen LogP) is 7.87. The third-order valence-electron chi connectivity index (χ3n) is 6.33. The topological polar surface area (TPSA) is 97.2 Å². The van der Waals surface area contributed by atoms with E-state index in [2.05, 4.69) is 4.98 Å². The number of rotatable bonds is 6. The van der Waals surface area contributed by atoms with Crippen LogP contribution in [0.2, 0.25) is 5.02 Å². The van der Waals surface area contributed by atoms with Gasteiger partial charge in [-0.1, -0.05) is 41.9 Å². The lowest BCUT2D eigenvalue weighted by atomic mass is 10.0. The summed E-state index contributed by atoms with van der Waals surface area (Å²) in [6.07, 6.45) is 0.298. The summed E-state index contributed by atoms with van der Waals surface area (Å²) in [7, 11) is -4.38. The molecule has 4 aromatic carbocycles. The Hall–Kier alpha value is -3.47. The number of carbonyl (C=O) groups excluding carboxylic acids is 1. The lowest BCUT2D eigenvalue weighted by Gasteiger charge is -2.03. The number of ketones is 1. The average molecular weight is 591 g/mol. The van der Waals surface area contributed by atoms with Crippen LogP contribution in [0.25, 0.3) is 41.6 Å². The first-order valence-electron chi connectivity index (χ1n) is 11.8. The lowest BCUT2D eigenvalue weighted by molar-refractivity contribution is 0.0993. The molecule has 2 heterocycles. The smallest absolute Gasteiger partial charge is 0.294 e. The molecule has 0 spiro atoms. The molecule has 39 heavy (non-hydrogen) atoms. The van der Waals surface area contributed by atoms with Gasteiger partial charge in [0.15, 0.2) is 5.78 Å². The van der Waals surface area contributed by atoms with Crippen LogP contribution < -0.4 is 0 Å². The van der Waals surface area contributed by atoms with Gasteiger partial charge in [0.1, 0.15) is 14.9 Å². The summed E-state index contributed by atoms with van der Waals surface area (Å²) in [6.45, 7) is 1.65. The van der Waals surface area contributed by atoms with E-state index >= 15 is 0 Å². The van der Waals surface area contributed by atoms with Gasteiger partial charge in [0.2, 0.25) is 0 Å². The molecule has 0 bridgehead atoms. The predicted molar refractivity (Wildman–Crippen MR) is 158 cm³/mol. The molecule has 0 aliphatic heterocycles. The summed E-state index contributed by atoms with van der Waals surface area (Å²) < 4.78 is 35.1. The second kappa shape index (κ2) is 9.93. The molecule has 6 aromatic rings. The number of benzene rings is 4. The van der Waals surface area contributed by atoms with E-state index in [0.29, 0.717) is 37.8 Å². The zero-order valence-corrected chi connectivity index (χ0v) is 23.6. The van der Waals surface area contributed by atoms with E-state index < -0.39 is 10.1 Å². The van der Waals surface area contributed by atoms with E-state index in [4.69, 9.17) is 16.6 Å². The molecular weight excluding hydrogens is 572 g/mol. The van der Waals surface area contributed by atoms with E-state index in [-0.39, 0.29) is 10.7 Å². The molecule has 2 aromatic heterocycles. The van der Waals surface area contributed by atoms with Gasteiger partial charge in [-0.2, -0.15) is 8.42 Å². The Bertz CT molecular complexity index is 2000. The molecule has 0 amide bonds. The zero-order valence-electron chi connectivity index (χ0n) is 20.4. The van der Waals surface area contributed by atoms with Gasteiger partial charge < -0.3 is 0 Å². The Labute approximate surface area is 237 Å². The summed E-state index contributed by atoms with van der Waals surface area (Å²) in [5.41, 5.74) is 5.18. The van der Waals surface area contributed by atoms with Crippen molar-refractivity contribution in [2.24, 2.45) is 0 Å². The summed E-state index contributed by atoms with van der Waals surface area (Å²) in [5.74, 6) is 0.0284.